The molecular weight excluding hydrogens is 509 g/mol. The molecule has 1 aliphatic carbocycles. The molecule has 3 aromatic rings. The number of allylic oxidation sites excluding steroid dienone is 1. The number of benzene rings is 3. The highest BCUT2D eigenvalue weighted by Crippen LogP contribution is 2.39. The molecule has 4 rings (SSSR count). The van der Waals surface area contributed by atoms with Crippen LogP contribution in [0.4, 0.5) is 13.2 Å². The second kappa shape index (κ2) is 14.5. The summed E-state index contributed by atoms with van der Waals surface area (Å²) in [6, 6.07) is 16.2. The number of ether oxygens (including phenoxy) is 1. The van der Waals surface area contributed by atoms with Crippen LogP contribution in [-0.2, 0) is 12.8 Å². The van der Waals surface area contributed by atoms with E-state index in [1.54, 1.807) is 18.2 Å². The fourth-order valence-electron chi connectivity index (χ4n) is 5.81. The van der Waals surface area contributed by atoms with E-state index in [-0.39, 0.29) is 23.7 Å². The van der Waals surface area contributed by atoms with E-state index in [9.17, 15) is 9.50 Å². The molecule has 0 aromatic heterocycles. The minimum Gasteiger partial charge on any atom is -0.491 e. The van der Waals surface area contributed by atoms with Gasteiger partial charge in [0.15, 0.2) is 23.2 Å². The first kappa shape index (κ1) is 29.9. The van der Waals surface area contributed by atoms with Crippen LogP contribution in [0.5, 0.6) is 5.75 Å². The van der Waals surface area contributed by atoms with Crippen molar-refractivity contribution < 1.29 is 23.0 Å². The van der Waals surface area contributed by atoms with Crippen molar-refractivity contribution in [2.24, 2.45) is 5.92 Å². The average molecular weight is 551 g/mol. The first-order valence-electron chi connectivity index (χ1n) is 14.7. The maximum absolute atomic E-state index is 15.1. The van der Waals surface area contributed by atoms with Crippen molar-refractivity contribution >= 4 is 0 Å². The maximum Gasteiger partial charge on any atom is 0.165 e. The van der Waals surface area contributed by atoms with Gasteiger partial charge in [0.1, 0.15) is 0 Å². The molecule has 1 atom stereocenters. The lowest BCUT2D eigenvalue weighted by Crippen LogP contribution is -2.25. The third kappa shape index (κ3) is 7.57. The molecule has 5 heteroatoms. The zero-order valence-corrected chi connectivity index (χ0v) is 23.5. The van der Waals surface area contributed by atoms with Gasteiger partial charge in [0.05, 0.1) is 12.7 Å². The van der Waals surface area contributed by atoms with E-state index in [0.717, 1.165) is 68.1 Å². The molecular formula is C35H41F3O2. The van der Waals surface area contributed by atoms with Crippen LogP contribution in [0.25, 0.3) is 11.1 Å². The second-order valence-electron chi connectivity index (χ2n) is 11.0. The molecule has 1 N–H and O–H groups in total. The van der Waals surface area contributed by atoms with E-state index < -0.39 is 17.5 Å². The Hall–Kier alpha value is -3.05. The van der Waals surface area contributed by atoms with E-state index in [4.69, 9.17) is 4.74 Å². The molecule has 214 valence electrons. The van der Waals surface area contributed by atoms with Gasteiger partial charge in [-0.2, -0.15) is 0 Å². The fraction of sp³-hybridized carbons (Fsp3) is 0.429. The van der Waals surface area contributed by atoms with Gasteiger partial charge in [0.25, 0.3) is 0 Å². The molecule has 0 saturated heterocycles. The number of unbranched alkanes of at least 4 members (excludes halogenated alkanes) is 1. The molecule has 1 unspecified atom stereocenters. The number of aryl methyl sites for hydroxylation is 2. The Morgan fingerprint density at radius 1 is 0.925 bits per heavy atom. The predicted molar refractivity (Wildman–Crippen MR) is 156 cm³/mol. The zero-order valence-electron chi connectivity index (χ0n) is 23.5. The highest BCUT2D eigenvalue weighted by atomic mass is 19.2. The van der Waals surface area contributed by atoms with Crippen LogP contribution in [0.2, 0.25) is 0 Å². The summed E-state index contributed by atoms with van der Waals surface area (Å²) < 4.78 is 50.1. The highest BCUT2D eigenvalue weighted by Gasteiger charge is 2.29. The van der Waals surface area contributed by atoms with Crippen molar-refractivity contribution in [2.75, 3.05) is 6.61 Å². The van der Waals surface area contributed by atoms with Crippen LogP contribution in [-0.4, -0.2) is 17.8 Å². The normalized spacial score (nSPS) is 17.9. The largest absolute Gasteiger partial charge is 0.491 e. The molecule has 0 bridgehead atoms. The van der Waals surface area contributed by atoms with Crippen molar-refractivity contribution in [3.8, 4) is 16.9 Å². The number of aliphatic hydroxyl groups excluding tert-OH is 1. The minimum absolute atomic E-state index is 0.00361. The van der Waals surface area contributed by atoms with Gasteiger partial charge in [0, 0.05) is 0 Å². The summed E-state index contributed by atoms with van der Waals surface area (Å²) in [6.07, 6.45) is 9.12. The molecule has 2 nitrogen and oxygen atoms in total. The molecule has 1 fully saturated rings. The Morgan fingerprint density at radius 3 is 2.33 bits per heavy atom. The smallest absolute Gasteiger partial charge is 0.165 e. The zero-order chi connectivity index (χ0) is 28.5. The van der Waals surface area contributed by atoms with Crippen molar-refractivity contribution in [3.05, 3.63) is 101 Å². The number of hydrogen-bond donors (Lipinski definition) is 1. The Morgan fingerprint density at radius 2 is 1.65 bits per heavy atom. The standard InChI is InChI=1S/C35H41F3O2/c1-3-5-6-22-40-33-21-19-29(23-31(33)36)25-11-8-24(9-12-25)10-13-28-18-20-30(35(38)34(28)37)26-14-16-27(17-15-26)32(39)7-4-2/h3,8-9,11-12,18-21,23,26-27,32,39H,1,4-7,10,13-17,22H2,2H3. The lowest BCUT2D eigenvalue weighted by Gasteiger charge is -2.32. The highest BCUT2D eigenvalue weighted by molar-refractivity contribution is 5.64. The Balaban J connectivity index is 1.33. The summed E-state index contributed by atoms with van der Waals surface area (Å²) in [7, 11) is 0. The topological polar surface area (TPSA) is 29.5 Å². The number of hydrogen-bond acceptors (Lipinski definition) is 2. The molecule has 0 heterocycles. The lowest BCUT2D eigenvalue weighted by molar-refractivity contribution is 0.0727. The molecule has 3 aromatic carbocycles. The van der Waals surface area contributed by atoms with Crippen LogP contribution in [0.1, 0.15) is 80.9 Å². The maximum atomic E-state index is 15.1. The summed E-state index contributed by atoms with van der Waals surface area (Å²) in [5.74, 6) is -1.36. The quantitative estimate of drug-likeness (QED) is 0.170. The van der Waals surface area contributed by atoms with Crippen LogP contribution in [0.15, 0.2) is 67.3 Å². The Bertz CT molecular complexity index is 1250. The Labute approximate surface area is 236 Å². The summed E-state index contributed by atoms with van der Waals surface area (Å²) >= 11 is 0. The van der Waals surface area contributed by atoms with Gasteiger partial charge in [-0.1, -0.05) is 61.9 Å². The summed E-state index contributed by atoms with van der Waals surface area (Å²) in [5.41, 5.74) is 3.47. The summed E-state index contributed by atoms with van der Waals surface area (Å²) in [5, 5.41) is 10.3. The molecule has 0 amide bonds. The van der Waals surface area contributed by atoms with Crippen LogP contribution < -0.4 is 4.74 Å². The van der Waals surface area contributed by atoms with Crippen LogP contribution in [0, 0.1) is 23.4 Å². The fourth-order valence-corrected chi connectivity index (χ4v) is 5.81. The van der Waals surface area contributed by atoms with E-state index in [1.165, 1.54) is 6.07 Å². The lowest BCUT2D eigenvalue weighted by atomic mass is 9.75. The van der Waals surface area contributed by atoms with Gasteiger partial charge >= 0.3 is 0 Å². The molecule has 1 saturated carbocycles. The summed E-state index contributed by atoms with van der Waals surface area (Å²) in [6.45, 7) is 6.18. The van der Waals surface area contributed by atoms with Gasteiger partial charge in [-0.05, 0) is 110 Å². The monoisotopic (exact) mass is 550 g/mol. The van der Waals surface area contributed by atoms with Gasteiger partial charge in [0.2, 0.25) is 0 Å². The first-order chi connectivity index (χ1) is 19.4. The van der Waals surface area contributed by atoms with Gasteiger partial charge in [-0.3, -0.25) is 0 Å². The molecule has 0 aliphatic heterocycles. The molecule has 0 radical (unpaired) electrons. The van der Waals surface area contributed by atoms with Gasteiger partial charge in [-0.25, -0.2) is 13.2 Å². The van der Waals surface area contributed by atoms with Gasteiger partial charge < -0.3 is 9.84 Å². The third-order valence-electron chi connectivity index (χ3n) is 8.24. The van der Waals surface area contributed by atoms with E-state index >= 15 is 8.78 Å². The van der Waals surface area contributed by atoms with Crippen LogP contribution >= 0.6 is 0 Å². The van der Waals surface area contributed by atoms with Gasteiger partial charge in [-0.15, -0.1) is 6.58 Å². The molecule has 0 spiro atoms. The van der Waals surface area contributed by atoms with Crippen molar-refractivity contribution in [1.29, 1.82) is 0 Å². The SMILES string of the molecule is C=CCCCOc1ccc(-c2ccc(CCc3ccc(C4CCC(C(O)CCC)CC4)c(F)c3F)cc2)cc1F. The number of aliphatic hydroxyl groups is 1. The Kier molecular flexibility index (Phi) is 10.9. The first-order valence-corrected chi connectivity index (χ1v) is 14.7. The average Bonchev–Trinajstić information content (AvgIpc) is 2.97. The number of halogens is 3. The summed E-state index contributed by atoms with van der Waals surface area (Å²) in [4.78, 5) is 0. The predicted octanol–water partition coefficient (Wildman–Crippen LogP) is 9.34. The molecule has 40 heavy (non-hydrogen) atoms. The van der Waals surface area contributed by atoms with E-state index in [0.29, 0.717) is 30.6 Å². The van der Waals surface area contributed by atoms with Crippen molar-refractivity contribution in [2.45, 2.75) is 83.2 Å². The van der Waals surface area contributed by atoms with Crippen LogP contribution in [0.3, 0.4) is 0 Å². The van der Waals surface area contributed by atoms with E-state index in [2.05, 4.69) is 13.5 Å². The van der Waals surface area contributed by atoms with Crippen molar-refractivity contribution in [1.82, 2.24) is 0 Å². The van der Waals surface area contributed by atoms with Crippen molar-refractivity contribution in [3.63, 3.8) is 0 Å². The second-order valence-corrected chi connectivity index (χ2v) is 11.0. The number of rotatable bonds is 13. The van der Waals surface area contributed by atoms with E-state index in [1.807, 2.05) is 36.4 Å². The molecule has 1 aliphatic rings. The minimum atomic E-state index is -0.746. The third-order valence-corrected chi connectivity index (χ3v) is 8.24.